The molecule has 0 radical (unpaired) electrons. The van der Waals surface area contributed by atoms with E-state index in [1.807, 2.05) is 15.4 Å². The minimum Gasteiger partial charge on any atom is -0.336 e. The molecule has 4 rings (SSSR count). The van der Waals surface area contributed by atoms with E-state index in [0.717, 1.165) is 44.6 Å². The van der Waals surface area contributed by atoms with Crippen LogP contribution >= 0.6 is 0 Å². The van der Waals surface area contributed by atoms with E-state index in [1.165, 1.54) is 10.6 Å². The fraction of sp³-hybridized carbons (Fsp3) is 0.632. The Morgan fingerprint density at radius 3 is 2.55 bits per heavy atom. The minimum absolute atomic E-state index is 0.0701. The summed E-state index contributed by atoms with van der Waals surface area (Å²) in [5, 5.41) is 0. The number of aromatic nitrogens is 3. The van der Waals surface area contributed by atoms with Crippen LogP contribution in [0.5, 0.6) is 0 Å². The van der Waals surface area contributed by atoms with Gasteiger partial charge in [0.25, 0.3) is 5.91 Å². The van der Waals surface area contributed by atoms with Crippen LogP contribution in [0.1, 0.15) is 41.4 Å². The molecule has 10 heteroatoms. The van der Waals surface area contributed by atoms with E-state index in [9.17, 15) is 13.2 Å². The van der Waals surface area contributed by atoms with Crippen LogP contribution in [0.25, 0.3) is 5.65 Å². The SMILES string of the molecule is CN1CCCN(C(=O)c2ncn3c(C4CCN(S(C)(=O)=O)CC4)ccnc23)CC1. The van der Waals surface area contributed by atoms with E-state index in [1.54, 1.807) is 12.5 Å². The van der Waals surface area contributed by atoms with Crippen LogP contribution in [0.3, 0.4) is 0 Å². The van der Waals surface area contributed by atoms with Gasteiger partial charge in [-0.1, -0.05) is 0 Å². The predicted molar refractivity (Wildman–Crippen MR) is 109 cm³/mol. The highest BCUT2D eigenvalue weighted by molar-refractivity contribution is 7.88. The van der Waals surface area contributed by atoms with Gasteiger partial charge in [-0.05, 0) is 38.9 Å². The van der Waals surface area contributed by atoms with Crippen molar-refractivity contribution >= 4 is 21.6 Å². The van der Waals surface area contributed by atoms with Crippen molar-refractivity contribution in [1.29, 1.82) is 0 Å². The molecular formula is C19H28N6O3S. The van der Waals surface area contributed by atoms with E-state index in [-0.39, 0.29) is 11.8 Å². The Hall–Kier alpha value is -2.04. The molecule has 2 aromatic rings. The van der Waals surface area contributed by atoms with Gasteiger partial charge in [0.1, 0.15) is 6.33 Å². The third-order valence-electron chi connectivity index (χ3n) is 6.01. The second-order valence-electron chi connectivity index (χ2n) is 8.04. The number of carbonyl (C=O) groups is 1. The fourth-order valence-corrected chi connectivity index (χ4v) is 5.16. The monoisotopic (exact) mass is 420 g/mol. The van der Waals surface area contributed by atoms with E-state index < -0.39 is 10.0 Å². The van der Waals surface area contributed by atoms with Crippen LogP contribution in [0.2, 0.25) is 0 Å². The lowest BCUT2D eigenvalue weighted by molar-refractivity contribution is 0.0759. The molecule has 2 aliphatic heterocycles. The first-order valence-corrected chi connectivity index (χ1v) is 11.9. The summed E-state index contributed by atoms with van der Waals surface area (Å²) in [6.07, 6.45) is 7.09. The molecule has 0 unspecified atom stereocenters. The van der Waals surface area contributed by atoms with Crippen molar-refractivity contribution in [2.75, 3.05) is 52.6 Å². The van der Waals surface area contributed by atoms with Gasteiger partial charge < -0.3 is 9.80 Å². The first kappa shape index (κ1) is 20.2. The number of sulfonamides is 1. The molecule has 29 heavy (non-hydrogen) atoms. The minimum atomic E-state index is -3.15. The molecule has 0 spiro atoms. The average Bonchev–Trinajstić information content (AvgIpc) is 3.01. The number of piperidine rings is 1. The molecule has 2 aromatic heterocycles. The van der Waals surface area contributed by atoms with Crippen molar-refractivity contribution in [1.82, 2.24) is 28.5 Å². The smallest absolute Gasteiger partial charge is 0.276 e. The first-order chi connectivity index (χ1) is 13.8. The number of hydrogen-bond donors (Lipinski definition) is 0. The summed E-state index contributed by atoms with van der Waals surface area (Å²) in [5.74, 6) is 0.141. The molecule has 0 aromatic carbocycles. The fourth-order valence-electron chi connectivity index (χ4n) is 4.29. The van der Waals surface area contributed by atoms with Crippen molar-refractivity contribution in [2.45, 2.75) is 25.2 Å². The standard InChI is InChI=1S/C19H28N6O3S/c1-22-8-3-9-23(13-12-22)19(26)17-18-20-7-4-16(25(18)14-21-17)15-5-10-24(11-6-15)29(2,27)28/h4,7,14-15H,3,5-6,8-13H2,1-2H3. The van der Waals surface area contributed by atoms with Crippen LogP contribution in [0.4, 0.5) is 0 Å². The molecule has 0 saturated carbocycles. The van der Waals surface area contributed by atoms with Crippen molar-refractivity contribution < 1.29 is 13.2 Å². The second-order valence-corrected chi connectivity index (χ2v) is 10.0. The van der Waals surface area contributed by atoms with E-state index in [4.69, 9.17) is 0 Å². The van der Waals surface area contributed by atoms with Gasteiger partial charge in [-0.25, -0.2) is 22.7 Å². The summed E-state index contributed by atoms with van der Waals surface area (Å²) in [5.41, 5.74) is 2.01. The van der Waals surface area contributed by atoms with Gasteiger partial charge in [-0.3, -0.25) is 9.20 Å². The summed E-state index contributed by atoms with van der Waals surface area (Å²) in [6.45, 7) is 4.28. The Morgan fingerprint density at radius 1 is 1.07 bits per heavy atom. The van der Waals surface area contributed by atoms with Crippen molar-refractivity contribution in [3.8, 4) is 0 Å². The number of amides is 1. The lowest BCUT2D eigenvalue weighted by atomic mass is 9.94. The highest BCUT2D eigenvalue weighted by atomic mass is 32.2. The van der Waals surface area contributed by atoms with Crippen LogP contribution in [-0.2, 0) is 10.0 Å². The Bertz CT molecular complexity index is 997. The molecule has 2 fully saturated rings. The van der Waals surface area contributed by atoms with Gasteiger partial charge in [-0.15, -0.1) is 0 Å². The third kappa shape index (κ3) is 4.15. The molecule has 1 amide bonds. The summed E-state index contributed by atoms with van der Waals surface area (Å²) >= 11 is 0. The maximum atomic E-state index is 13.1. The normalized spacial score (nSPS) is 20.8. The molecule has 0 atom stereocenters. The van der Waals surface area contributed by atoms with Gasteiger partial charge >= 0.3 is 0 Å². The van der Waals surface area contributed by atoms with E-state index in [2.05, 4.69) is 21.9 Å². The Balaban J connectivity index is 1.57. The molecule has 9 nitrogen and oxygen atoms in total. The predicted octanol–water partition coefficient (Wildman–Crippen LogP) is 0.646. The number of nitrogens with zero attached hydrogens (tertiary/aromatic N) is 6. The molecule has 4 heterocycles. The van der Waals surface area contributed by atoms with E-state index >= 15 is 0 Å². The summed E-state index contributed by atoms with van der Waals surface area (Å²) in [7, 11) is -1.08. The van der Waals surface area contributed by atoms with Gasteiger partial charge in [0.15, 0.2) is 11.3 Å². The molecule has 158 valence electrons. The van der Waals surface area contributed by atoms with Gasteiger partial charge in [0.05, 0.1) is 6.26 Å². The second kappa shape index (κ2) is 8.00. The summed E-state index contributed by atoms with van der Waals surface area (Å²) in [6, 6.07) is 1.95. The molecule has 2 saturated heterocycles. The van der Waals surface area contributed by atoms with E-state index in [0.29, 0.717) is 31.0 Å². The highest BCUT2D eigenvalue weighted by Gasteiger charge is 2.29. The maximum absolute atomic E-state index is 13.1. The Kier molecular flexibility index (Phi) is 5.58. The van der Waals surface area contributed by atoms with Crippen LogP contribution in [0.15, 0.2) is 18.6 Å². The van der Waals surface area contributed by atoms with Crippen molar-refractivity contribution in [2.24, 2.45) is 0 Å². The lowest BCUT2D eigenvalue weighted by Gasteiger charge is -2.30. The molecule has 0 N–H and O–H groups in total. The number of likely N-dealkylation sites (N-methyl/N-ethyl adjacent to an activating group) is 1. The molecular weight excluding hydrogens is 392 g/mol. The number of carbonyl (C=O) groups excluding carboxylic acids is 1. The maximum Gasteiger partial charge on any atom is 0.276 e. The number of hydrogen-bond acceptors (Lipinski definition) is 6. The molecule has 0 bridgehead atoms. The molecule has 2 aliphatic rings. The Labute approximate surface area is 171 Å². The zero-order valence-electron chi connectivity index (χ0n) is 17.0. The first-order valence-electron chi connectivity index (χ1n) is 10.1. The molecule has 0 aliphatic carbocycles. The van der Waals surface area contributed by atoms with Crippen LogP contribution in [-0.4, -0.2) is 95.4 Å². The zero-order chi connectivity index (χ0) is 20.6. The lowest BCUT2D eigenvalue weighted by Crippen LogP contribution is -2.37. The van der Waals surface area contributed by atoms with Gasteiger partial charge in [0, 0.05) is 50.5 Å². The number of fused-ring (bicyclic) bond motifs is 1. The number of rotatable bonds is 3. The zero-order valence-corrected chi connectivity index (χ0v) is 17.8. The summed E-state index contributed by atoms with van der Waals surface area (Å²) < 4.78 is 27.0. The Morgan fingerprint density at radius 2 is 1.83 bits per heavy atom. The largest absolute Gasteiger partial charge is 0.336 e. The number of imidazole rings is 1. The van der Waals surface area contributed by atoms with Gasteiger partial charge in [-0.2, -0.15) is 0 Å². The highest BCUT2D eigenvalue weighted by Crippen LogP contribution is 2.29. The topological polar surface area (TPSA) is 91.1 Å². The van der Waals surface area contributed by atoms with Crippen molar-refractivity contribution in [3.05, 3.63) is 30.0 Å². The quantitative estimate of drug-likeness (QED) is 0.724. The van der Waals surface area contributed by atoms with Crippen LogP contribution in [0, 0.1) is 0 Å². The average molecular weight is 421 g/mol. The van der Waals surface area contributed by atoms with Crippen LogP contribution < -0.4 is 0 Å². The van der Waals surface area contributed by atoms with Crippen molar-refractivity contribution in [3.63, 3.8) is 0 Å². The van der Waals surface area contributed by atoms with Gasteiger partial charge in [0.2, 0.25) is 10.0 Å². The summed E-state index contributed by atoms with van der Waals surface area (Å²) in [4.78, 5) is 26.1. The third-order valence-corrected chi connectivity index (χ3v) is 7.32.